The smallest absolute Gasteiger partial charge is 0.323 e. The van der Waals surface area contributed by atoms with Crippen molar-refractivity contribution in [2.24, 2.45) is 0 Å². The second-order valence-electron chi connectivity index (χ2n) is 4.31. The molecule has 0 unspecified atom stereocenters. The van der Waals surface area contributed by atoms with Gasteiger partial charge in [0.2, 0.25) is 0 Å². The van der Waals surface area contributed by atoms with Crippen LogP contribution in [0.15, 0.2) is 0 Å². The van der Waals surface area contributed by atoms with E-state index in [0.29, 0.717) is 12.8 Å². The van der Waals surface area contributed by atoms with Gasteiger partial charge in [-0.1, -0.05) is 13.8 Å². The molecule has 0 aliphatic heterocycles. The SMILES string of the molecule is CCC(CC)N(CCO)C(=O)N(CC(=O)O)CC(=O)O. The Morgan fingerprint density at radius 2 is 1.45 bits per heavy atom. The Balaban J connectivity index is 5.11. The fraction of sp³-hybridized carbons (Fsp3) is 0.750. The molecule has 0 atom stereocenters. The number of nitrogens with zero attached hydrogens (tertiary/aromatic N) is 2. The summed E-state index contributed by atoms with van der Waals surface area (Å²) in [6.45, 7) is 2.13. The van der Waals surface area contributed by atoms with Crippen LogP contribution in [0, 0.1) is 0 Å². The van der Waals surface area contributed by atoms with Crippen LogP contribution in [-0.4, -0.2) is 75.4 Å². The lowest BCUT2D eigenvalue weighted by molar-refractivity contribution is -0.140. The van der Waals surface area contributed by atoms with E-state index in [1.807, 2.05) is 13.8 Å². The first kappa shape index (κ1) is 18.2. The van der Waals surface area contributed by atoms with Gasteiger partial charge in [0.1, 0.15) is 13.1 Å². The average molecular weight is 290 g/mol. The molecule has 8 nitrogen and oxygen atoms in total. The quantitative estimate of drug-likeness (QED) is 0.552. The van der Waals surface area contributed by atoms with Gasteiger partial charge >= 0.3 is 18.0 Å². The van der Waals surface area contributed by atoms with Crippen LogP contribution in [0.3, 0.4) is 0 Å². The van der Waals surface area contributed by atoms with Crippen molar-refractivity contribution in [3.05, 3.63) is 0 Å². The molecule has 0 heterocycles. The van der Waals surface area contributed by atoms with Crippen molar-refractivity contribution in [2.75, 3.05) is 26.2 Å². The Hall–Kier alpha value is -1.83. The molecule has 20 heavy (non-hydrogen) atoms. The molecule has 0 saturated carbocycles. The highest BCUT2D eigenvalue weighted by molar-refractivity contribution is 5.84. The molecule has 2 amide bonds. The number of amides is 2. The van der Waals surface area contributed by atoms with E-state index < -0.39 is 31.1 Å². The van der Waals surface area contributed by atoms with Crippen LogP contribution in [0.2, 0.25) is 0 Å². The van der Waals surface area contributed by atoms with Crippen molar-refractivity contribution in [1.29, 1.82) is 0 Å². The third kappa shape index (κ3) is 5.87. The fourth-order valence-electron chi connectivity index (χ4n) is 1.97. The monoisotopic (exact) mass is 290 g/mol. The van der Waals surface area contributed by atoms with E-state index in [1.165, 1.54) is 4.90 Å². The molecule has 0 aliphatic carbocycles. The van der Waals surface area contributed by atoms with E-state index in [4.69, 9.17) is 15.3 Å². The number of hydrogen-bond acceptors (Lipinski definition) is 4. The van der Waals surface area contributed by atoms with Crippen molar-refractivity contribution in [2.45, 2.75) is 32.7 Å². The highest BCUT2D eigenvalue weighted by atomic mass is 16.4. The van der Waals surface area contributed by atoms with Gasteiger partial charge in [-0.2, -0.15) is 0 Å². The lowest BCUT2D eigenvalue weighted by Crippen LogP contribution is -2.51. The second-order valence-corrected chi connectivity index (χ2v) is 4.31. The molecule has 8 heteroatoms. The van der Waals surface area contributed by atoms with Gasteiger partial charge in [-0.05, 0) is 12.8 Å². The third-order valence-electron chi connectivity index (χ3n) is 2.89. The van der Waals surface area contributed by atoms with E-state index in [0.717, 1.165) is 4.90 Å². The number of urea groups is 1. The molecule has 0 spiro atoms. The summed E-state index contributed by atoms with van der Waals surface area (Å²) >= 11 is 0. The predicted molar refractivity (Wildman–Crippen MR) is 70.4 cm³/mol. The molecule has 3 N–H and O–H groups in total. The summed E-state index contributed by atoms with van der Waals surface area (Å²) in [5, 5.41) is 26.5. The van der Waals surface area contributed by atoms with Crippen LogP contribution in [0.25, 0.3) is 0 Å². The minimum absolute atomic E-state index is 0.0426. The molecule has 116 valence electrons. The second kappa shape index (κ2) is 9.13. The van der Waals surface area contributed by atoms with E-state index in [1.54, 1.807) is 0 Å². The summed E-state index contributed by atoms with van der Waals surface area (Å²) in [5.41, 5.74) is 0. The molecule has 0 aromatic rings. The Morgan fingerprint density at radius 3 is 1.75 bits per heavy atom. The first-order valence-electron chi connectivity index (χ1n) is 6.47. The molecule has 0 aromatic carbocycles. The van der Waals surface area contributed by atoms with Crippen molar-refractivity contribution < 1.29 is 29.7 Å². The Morgan fingerprint density at radius 1 is 1.00 bits per heavy atom. The van der Waals surface area contributed by atoms with E-state index in [2.05, 4.69) is 0 Å². The van der Waals surface area contributed by atoms with E-state index in [9.17, 15) is 14.4 Å². The maximum atomic E-state index is 12.3. The molecular weight excluding hydrogens is 268 g/mol. The van der Waals surface area contributed by atoms with Crippen molar-refractivity contribution in [3.63, 3.8) is 0 Å². The standard InChI is InChI=1S/C12H22N2O6/c1-3-9(4-2)14(5-6-15)12(20)13(7-10(16)17)8-11(18)19/h9,15H,3-8H2,1-2H3,(H,16,17)(H,18,19). The van der Waals surface area contributed by atoms with E-state index >= 15 is 0 Å². The van der Waals surface area contributed by atoms with Crippen LogP contribution in [0.1, 0.15) is 26.7 Å². The molecule has 0 aromatic heterocycles. The largest absolute Gasteiger partial charge is 0.480 e. The predicted octanol–water partition coefficient (Wildman–Crippen LogP) is 0.0605. The van der Waals surface area contributed by atoms with Crippen LogP contribution in [-0.2, 0) is 9.59 Å². The lowest BCUT2D eigenvalue weighted by atomic mass is 10.1. The third-order valence-corrected chi connectivity index (χ3v) is 2.89. The zero-order chi connectivity index (χ0) is 15.7. The number of hydrogen-bond donors (Lipinski definition) is 3. The molecule has 0 radical (unpaired) electrons. The topological polar surface area (TPSA) is 118 Å². The molecule has 0 bridgehead atoms. The normalized spacial score (nSPS) is 10.4. The van der Waals surface area contributed by atoms with Gasteiger partial charge in [0.25, 0.3) is 0 Å². The zero-order valence-electron chi connectivity index (χ0n) is 11.8. The summed E-state index contributed by atoms with van der Waals surface area (Å²) in [6, 6.07) is -0.850. The summed E-state index contributed by atoms with van der Waals surface area (Å²) < 4.78 is 0. The first-order chi connectivity index (χ1) is 9.37. The number of carbonyl (C=O) groups excluding carboxylic acids is 1. The summed E-state index contributed by atoms with van der Waals surface area (Å²) in [4.78, 5) is 35.8. The van der Waals surface area contributed by atoms with Gasteiger partial charge in [-0.15, -0.1) is 0 Å². The maximum absolute atomic E-state index is 12.3. The van der Waals surface area contributed by atoms with Crippen LogP contribution in [0.5, 0.6) is 0 Å². The van der Waals surface area contributed by atoms with Crippen molar-refractivity contribution >= 4 is 18.0 Å². The highest BCUT2D eigenvalue weighted by Gasteiger charge is 2.28. The summed E-state index contributed by atoms with van der Waals surface area (Å²) in [5.74, 6) is -2.57. The maximum Gasteiger partial charge on any atom is 0.323 e. The number of aliphatic carboxylic acids is 2. The van der Waals surface area contributed by atoms with Gasteiger partial charge in [0.15, 0.2) is 0 Å². The van der Waals surface area contributed by atoms with Gasteiger partial charge in [-0.3, -0.25) is 9.59 Å². The lowest BCUT2D eigenvalue weighted by Gasteiger charge is -2.34. The van der Waals surface area contributed by atoms with Gasteiger partial charge in [0, 0.05) is 12.6 Å². The van der Waals surface area contributed by atoms with Crippen molar-refractivity contribution in [3.8, 4) is 0 Å². The van der Waals surface area contributed by atoms with Gasteiger partial charge in [0.05, 0.1) is 6.61 Å². The Labute approximate surface area is 117 Å². The number of carbonyl (C=O) groups is 3. The minimum atomic E-state index is -1.28. The molecular formula is C12H22N2O6. The Bertz CT molecular complexity index is 327. The Kier molecular flexibility index (Phi) is 8.30. The van der Waals surface area contributed by atoms with E-state index in [-0.39, 0.29) is 19.2 Å². The first-order valence-corrected chi connectivity index (χ1v) is 6.47. The number of rotatable bonds is 9. The summed E-state index contributed by atoms with van der Waals surface area (Å²) in [7, 11) is 0. The molecule has 0 rings (SSSR count). The molecule has 0 aliphatic rings. The number of carboxylic acid groups (broad SMARTS) is 2. The number of aliphatic hydroxyl groups excluding tert-OH is 1. The van der Waals surface area contributed by atoms with Crippen molar-refractivity contribution in [1.82, 2.24) is 9.80 Å². The fourth-order valence-corrected chi connectivity index (χ4v) is 1.97. The number of carboxylic acids is 2. The average Bonchev–Trinajstić information content (AvgIpc) is 2.36. The summed E-state index contributed by atoms with van der Waals surface area (Å²) in [6.07, 6.45) is 1.27. The van der Waals surface area contributed by atoms with Crippen LogP contribution < -0.4 is 0 Å². The zero-order valence-corrected chi connectivity index (χ0v) is 11.8. The highest BCUT2D eigenvalue weighted by Crippen LogP contribution is 2.11. The number of aliphatic hydroxyl groups is 1. The van der Waals surface area contributed by atoms with Gasteiger partial charge in [-0.25, -0.2) is 4.79 Å². The molecule has 0 saturated heterocycles. The molecule has 0 fully saturated rings. The minimum Gasteiger partial charge on any atom is -0.480 e. The van der Waals surface area contributed by atoms with Gasteiger partial charge < -0.3 is 25.1 Å². The van der Waals surface area contributed by atoms with Crippen LogP contribution >= 0.6 is 0 Å². The van der Waals surface area contributed by atoms with Crippen LogP contribution in [0.4, 0.5) is 4.79 Å².